The summed E-state index contributed by atoms with van der Waals surface area (Å²) in [5, 5.41) is 10.3. The van der Waals surface area contributed by atoms with Gasteiger partial charge in [-0.05, 0) is 97.9 Å². The van der Waals surface area contributed by atoms with Crippen molar-refractivity contribution >= 4 is 0 Å². The van der Waals surface area contributed by atoms with E-state index in [-0.39, 0.29) is 6.10 Å². The summed E-state index contributed by atoms with van der Waals surface area (Å²) in [6.07, 6.45) is 16.3. The van der Waals surface area contributed by atoms with Crippen LogP contribution in [0.2, 0.25) is 0 Å². The maximum atomic E-state index is 10.3. The van der Waals surface area contributed by atoms with Crippen LogP contribution in [0.15, 0.2) is 23.3 Å². The monoisotopic (exact) mass is 370 g/mol. The first kappa shape index (κ1) is 18.4. The third-order valence-corrected chi connectivity index (χ3v) is 9.58. The van der Waals surface area contributed by atoms with Gasteiger partial charge in [-0.25, -0.2) is 0 Å². The van der Waals surface area contributed by atoms with Crippen molar-refractivity contribution in [3.8, 4) is 0 Å². The van der Waals surface area contributed by atoms with Crippen LogP contribution in [0.1, 0.15) is 78.6 Å². The van der Waals surface area contributed by atoms with Crippen LogP contribution >= 0.6 is 0 Å². The largest absolute Gasteiger partial charge is 0.393 e. The lowest BCUT2D eigenvalue weighted by atomic mass is 9.45. The van der Waals surface area contributed by atoms with E-state index in [4.69, 9.17) is 4.74 Å². The Morgan fingerprint density at radius 1 is 1.04 bits per heavy atom. The average Bonchev–Trinajstić information content (AvgIpc) is 3.01. The molecule has 5 rings (SSSR count). The molecule has 1 N–H and O–H groups in total. The lowest BCUT2D eigenvalue weighted by molar-refractivity contribution is -0.0584. The maximum absolute atomic E-state index is 10.3. The van der Waals surface area contributed by atoms with Crippen LogP contribution < -0.4 is 0 Å². The second kappa shape index (κ2) is 6.46. The Bertz CT molecular complexity index is 657. The van der Waals surface area contributed by atoms with E-state index in [1.165, 1.54) is 44.9 Å². The molecule has 2 heteroatoms. The third kappa shape index (κ3) is 2.65. The molecule has 1 unspecified atom stereocenters. The van der Waals surface area contributed by atoms with Gasteiger partial charge in [0.05, 0.1) is 12.2 Å². The number of hydrogen-bond acceptors (Lipinski definition) is 2. The number of ether oxygens (including phenoxy) is 1. The Morgan fingerprint density at radius 2 is 1.85 bits per heavy atom. The molecule has 4 aliphatic carbocycles. The molecule has 1 saturated heterocycles. The van der Waals surface area contributed by atoms with E-state index in [1.807, 2.05) is 0 Å². The van der Waals surface area contributed by atoms with Gasteiger partial charge in [0.1, 0.15) is 0 Å². The summed E-state index contributed by atoms with van der Waals surface area (Å²) < 4.78 is 6.25. The highest BCUT2D eigenvalue weighted by Gasteiger charge is 2.59. The van der Waals surface area contributed by atoms with Gasteiger partial charge in [-0.2, -0.15) is 0 Å². The smallest absolute Gasteiger partial charge is 0.0790 e. The number of aliphatic hydroxyl groups excluding tert-OH is 1. The summed E-state index contributed by atoms with van der Waals surface area (Å²) in [6.45, 7) is 8.53. The number of rotatable bonds is 1. The first-order chi connectivity index (χ1) is 12.9. The zero-order valence-corrected chi connectivity index (χ0v) is 17.5. The predicted molar refractivity (Wildman–Crippen MR) is 109 cm³/mol. The van der Waals surface area contributed by atoms with E-state index in [2.05, 4.69) is 32.9 Å². The van der Waals surface area contributed by atoms with Crippen LogP contribution in [-0.4, -0.2) is 23.9 Å². The van der Waals surface area contributed by atoms with E-state index in [1.54, 1.807) is 11.1 Å². The number of allylic oxidation sites excluding steroid dienone is 2. The zero-order valence-electron chi connectivity index (χ0n) is 17.5. The molecule has 0 spiro atoms. The summed E-state index contributed by atoms with van der Waals surface area (Å²) in [6, 6.07) is 0. The molecule has 5 aliphatic rings. The molecule has 2 nitrogen and oxygen atoms in total. The lowest BCUT2D eigenvalue weighted by Gasteiger charge is -2.59. The summed E-state index contributed by atoms with van der Waals surface area (Å²) in [4.78, 5) is 0. The molecule has 0 bridgehead atoms. The van der Waals surface area contributed by atoms with E-state index in [0.29, 0.717) is 22.9 Å². The highest BCUT2D eigenvalue weighted by atomic mass is 16.5. The van der Waals surface area contributed by atoms with Crippen molar-refractivity contribution in [3.05, 3.63) is 23.3 Å². The Kier molecular flexibility index (Phi) is 4.41. The second-order valence-corrected chi connectivity index (χ2v) is 10.9. The molecule has 150 valence electrons. The number of fused-ring (bicyclic) bond motifs is 5. The fraction of sp³-hybridized carbons (Fsp3) is 0.840. The molecule has 0 aromatic heterocycles. The Morgan fingerprint density at radius 3 is 2.63 bits per heavy atom. The Hall–Kier alpha value is -0.600. The van der Waals surface area contributed by atoms with Crippen molar-refractivity contribution in [2.75, 3.05) is 6.61 Å². The molecule has 1 aliphatic heterocycles. The van der Waals surface area contributed by atoms with Gasteiger partial charge in [-0.1, -0.05) is 38.5 Å². The highest BCUT2D eigenvalue weighted by Crippen LogP contribution is 2.66. The van der Waals surface area contributed by atoms with Crippen molar-refractivity contribution < 1.29 is 9.84 Å². The summed E-state index contributed by atoms with van der Waals surface area (Å²) in [7, 11) is 0. The summed E-state index contributed by atoms with van der Waals surface area (Å²) in [5.41, 5.74) is 3.94. The van der Waals surface area contributed by atoms with E-state index >= 15 is 0 Å². The predicted octanol–water partition coefficient (Wildman–Crippen LogP) is 5.66. The molecule has 2 saturated carbocycles. The van der Waals surface area contributed by atoms with Crippen LogP contribution in [0, 0.1) is 34.5 Å². The van der Waals surface area contributed by atoms with Crippen LogP contribution in [0.5, 0.6) is 0 Å². The minimum atomic E-state index is -0.106. The molecule has 8 atom stereocenters. The van der Waals surface area contributed by atoms with Gasteiger partial charge in [-0.15, -0.1) is 0 Å². The van der Waals surface area contributed by atoms with Crippen molar-refractivity contribution in [2.24, 2.45) is 34.5 Å². The summed E-state index contributed by atoms with van der Waals surface area (Å²) >= 11 is 0. The van der Waals surface area contributed by atoms with Gasteiger partial charge >= 0.3 is 0 Å². The summed E-state index contributed by atoms with van der Waals surface area (Å²) in [5.74, 6) is 3.03. The first-order valence-corrected chi connectivity index (χ1v) is 11.6. The van der Waals surface area contributed by atoms with Gasteiger partial charge in [0, 0.05) is 6.61 Å². The fourth-order valence-corrected chi connectivity index (χ4v) is 8.09. The number of hydrogen-bond donors (Lipinski definition) is 1. The molecule has 0 radical (unpaired) electrons. The topological polar surface area (TPSA) is 29.5 Å². The van der Waals surface area contributed by atoms with Gasteiger partial charge in [0.25, 0.3) is 0 Å². The second-order valence-electron chi connectivity index (χ2n) is 10.9. The fourth-order valence-electron chi connectivity index (χ4n) is 8.09. The van der Waals surface area contributed by atoms with Crippen LogP contribution in [-0.2, 0) is 4.74 Å². The van der Waals surface area contributed by atoms with E-state index < -0.39 is 0 Å². The first-order valence-electron chi connectivity index (χ1n) is 11.6. The van der Waals surface area contributed by atoms with Crippen molar-refractivity contribution in [2.45, 2.75) is 90.8 Å². The average molecular weight is 371 g/mol. The minimum absolute atomic E-state index is 0.106. The van der Waals surface area contributed by atoms with Crippen molar-refractivity contribution in [3.63, 3.8) is 0 Å². The molecule has 0 aromatic carbocycles. The maximum Gasteiger partial charge on any atom is 0.0790 e. The molecule has 1 heterocycles. The zero-order chi connectivity index (χ0) is 18.8. The molecule has 0 amide bonds. The van der Waals surface area contributed by atoms with E-state index in [0.717, 1.165) is 37.2 Å². The van der Waals surface area contributed by atoms with Gasteiger partial charge in [0.15, 0.2) is 0 Å². The number of aliphatic hydroxyl groups is 1. The lowest BCUT2D eigenvalue weighted by Crippen LogP contribution is -2.53. The molecular formula is C25H38O2. The van der Waals surface area contributed by atoms with Crippen molar-refractivity contribution in [1.82, 2.24) is 0 Å². The van der Waals surface area contributed by atoms with Crippen LogP contribution in [0.4, 0.5) is 0 Å². The van der Waals surface area contributed by atoms with Crippen molar-refractivity contribution in [1.29, 1.82) is 0 Å². The Labute approximate surface area is 165 Å². The van der Waals surface area contributed by atoms with Crippen LogP contribution in [0.3, 0.4) is 0 Å². The van der Waals surface area contributed by atoms with Gasteiger partial charge in [-0.3, -0.25) is 0 Å². The van der Waals surface area contributed by atoms with E-state index in [9.17, 15) is 5.11 Å². The molecule has 27 heavy (non-hydrogen) atoms. The molecular weight excluding hydrogens is 332 g/mol. The SMILES string of the molecule is C[C@H]1C=C2C[C@@H](O)CC[C@]2(C)[C@H]2CC[C@]3(C)C(C4CCCCO4)=CC[C@H]3[C@H]12. The minimum Gasteiger partial charge on any atom is -0.393 e. The quantitative estimate of drug-likeness (QED) is 0.603. The normalized spacial score (nSPS) is 52.3. The third-order valence-electron chi connectivity index (χ3n) is 9.58. The Balaban J connectivity index is 1.46. The van der Waals surface area contributed by atoms with Crippen LogP contribution in [0.25, 0.3) is 0 Å². The highest BCUT2D eigenvalue weighted by molar-refractivity contribution is 5.32. The van der Waals surface area contributed by atoms with Gasteiger partial charge < -0.3 is 9.84 Å². The molecule has 0 aromatic rings. The standard InChI is InChI=1S/C25H38O2/c1-16-14-17-15-18(26)9-11-24(17,2)21-10-12-25(3)19(7-8-20(25)23(16)21)22-6-4-5-13-27-22/h7,14,16,18,20-23,26H,4-6,8-13,15H2,1-3H3/t16-,18-,20-,21-,22?,23-,24-,25+/m0/s1. The van der Waals surface area contributed by atoms with Gasteiger partial charge in [0.2, 0.25) is 0 Å². The molecule has 3 fully saturated rings.